The minimum absolute atomic E-state index is 0.250. The molecule has 0 aliphatic heterocycles. The Morgan fingerprint density at radius 2 is 2.09 bits per heavy atom. The molecule has 2 aromatic rings. The van der Waals surface area contributed by atoms with Crippen molar-refractivity contribution in [2.24, 2.45) is 11.3 Å². The zero-order chi connectivity index (χ0) is 16.6. The molecular formula is C20H27ClN2. The van der Waals surface area contributed by atoms with Crippen LogP contribution in [0.15, 0.2) is 24.8 Å². The molecule has 2 nitrogen and oxygen atoms in total. The Bertz CT molecular complexity index is 717. The molecule has 1 aromatic heterocycles. The van der Waals surface area contributed by atoms with Crippen LogP contribution in [0.5, 0.6) is 0 Å². The number of fused-ring (bicyclic) bond motifs is 1. The van der Waals surface area contributed by atoms with E-state index in [-0.39, 0.29) is 5.41 Å². The molecule has 0 saturated heterocycles. The van der Waals surface area contributed by atoms with Crippen molar-refractivity contribution in [3.63, 3.8) is 0 Å². The minimum atomic E-state index is 0.250. The molecule has 0 N–H and O–H groups in total. The monoisotopic (exact) mass is 330 g/mol. The summed E-state index contributed by atoms with van der Waals surface area (Å²) < 4.78 is 2.33. The Morgan fingerprint density at radius 1 is 1.35 bits per heavy atom. The van der Waals surface area contributed by atoms with Crippen molar-refractivity contribution in [3.8, 4) is 0 Å². The molecule has 3 heteroatoms. The van der Waals surface area contributed by atoms with Gasteiger partial charge in [-0.2, -0.15) is 0 Å². The first kappa shape index (κ1) is 16.6. The van der Waals surface area contributed by atoms with Crippen LogP contribution in [0.25, 0.3) is 16.6 Å². The molecule has 0 atom stereocenters. The van der Waals surface area contributed by atoms with Gasteiger partial charge in [0.15, 0.2) is 0 Å². The number of allylic oxidation sites excluding steroid dienone is 1. The van der Waals surface area contributed by atoms with Gasteiger partial charge in [-0.1, -0.05) is 39.8 Å². The Balaban J connectivity index is 1.96. The number of nitrogens with zero attached hydrogens (tertiary/aromatic N) is 2. The molecule has 1 heterocycles. The van der Waals surface area contributed by atoms with Gasteiger partial charge < -0.3 is 4.57 Å². The van der Waals surface area contributed by atoms with Crippen molar-refractivity contribution >= 4 is 28.2 Å². The third-order valence-corrected chi connectivity index (χ3v) is 5.00. The third kappa shape index (κ3) is 3.63. The predicted octanol–water partition coefficient (Wildman–Crippen LogP) is 6.02. The molecule has 1 aliphatic carbocycles. The minimum Gasteiger partial charge on any atom is -0.327 e. The van der Waals surface area contributed by atoms with Crippen molar-refractivity contribution in [1.82, 2.24) is 9.55 Å². The van der Waals surface area contributed by atoms with Gasteiger partial charge in [-0.25, -0.2) is 4.98 Å². The van der Waals surface area contributed by atoms with Gasteiger partial charge >= 0.3 is 0 Å². The molecule has 0 amide bonds. The fraction of sp³-hybridized carbons (Fsp3) is 0.550. The first-order chi connectivity index (χ1) is 10.9. The van der Waals surface area contributed by atoms with Gasteiger partial charge in [0.2, 0.25) is 0 Å². The molecule has 1 aliphatic rings. The van der Waals surface area contributed by atoms with Crippen LogP contribution in [-0.2, 0) is 12.4 Å². The van der Waals surface area contributed by atoms with E-state index >= 15 is 0 Å². The Kier molecular flexibility index (Phi) is 4.55. The molecule has 0 spiro atoms. The second-order valence-electron chi connectivity index (χ2n) is 8.11. The molecule has 1 fully saturated rings. The predicted molar refractivity (Wildman–Crippen MR) is 99.7 cm³/mol. The van der Waals surface area contributed by atoms with Gasteiger partial charge in [0.05, 0.1) is 16.9 Å². The lowest BCUT2D eigenvalue weighted by molar-refractivity contribution is 0.277. The van der Waals surface area contributed by atoms with E-state index in [4.69, 9.17) is 16.6 Å². The zero-order valence-electron chi connectivity index (χ0n) is 14.5. The topological polar surface area (TPSA) is 17.8 Å². The fourth-order valence-electron chi connectivity index (χ4n) is 3.37. The first-order valence-corrected chi connectivity index (χ1v) is 9.14. The van der Waals surface area contributed by atoms with Crippen LogP contribution >= 0.6 is 11.6 Å². The van der Waals surface area contributed by atoms with Crippen LogP contribution in [0.2, 0.25) is 0 Å². The lowest BCUT2D eigenvalue weighted by Gasteiger charge is -2.26. The average Bonchev–Trinajstić information content (AvgIpc) is 2.77. The summed E-state index contributed by atoms with van der Waals surface area (Å²) >= 11 is 6.14. The molecule has 3 rings (SSSR count). The highest BCUT2D eigenvalue weighted by Gasteiger charge is 2.21. The lowest BCUT2D eigenvalue weighted by atomic mass is 9.85. The van der Waals surface area contributed by atoms with E-state index in [1.807, 2.05) is 0 Å². The number of aromatic nitrogens is 2. The highest BCUT2D eigenvalue weighted by atomic mass is 35.5. The second kappa shape index (κ2) is 6.32. The van der Waals surface area contributed by atoms with E-state index in [0.717, 1.165) is 30.2 Å². The van der Waals surface area contributed by atoms with Gasteiger partial charge in [0, 0.05) is 6.54 Å². The zero-order valence-corrected chi connectivity index (χ0v) is 15.3. The van der Waals surface area contributed by atoms with E-state index in [2.05, 4.69) is 50.1 Å². The maximum absolute atomic E-state index is 6.14. The van der Waals surface area contributed by atoms with E-state index < -0.39 is 0 Å². The van der Waals surface area contributed by atoms with Gasteiger partial charge in [0.25, 0.3) is 0 Å². The van der Waals surface area contributed by atoms with Gasteiger partial charge in [-0.15, -0.1) is 11.6 Å². The van der Waals surface area contributed by atoms with Gasteiger partial charge in [-0.3, -0.25) is 0 Å². The van der Waals surface area contributed by atoms with Crippen LogP contribution in [0.3, 0.4) is 0 Å². The van der Waals surface area contributed by atoms with Gasteiger partial charge in [-0.05, 0) is 53.9 Å². The summed E-state index contributed by atoms with van der Waals surface area (Å²) in [6.45, 7) is 12.1. The highest BCUT2D eigenvalue weighted by Crippen LogP contribution is 2.33. The summed E-state index contributed by atoms with van der Waals surface area (Å²) in [5.41, 5.74) is 4.93. The molecule has 23 heavy (non-hydrogen) atoms. The number of alkyl halides is 1. The number of rotatable bonds is 5. The van der Waals surface area contributed by atoms with Crippen LogP contribution < -0.4 is 0 Å². The Morgan fingerprint density at radius 3 is 2.65 bits per heavy atom. The number of imidazole rings is 1. The number of hydrogen-bond acceptors (Lipinski definition) is 1. The molecule has 1 aromatic carbocycles. The molecular weight excluding hydrogens is 304 g/mol. The lowest BCUT2D eigenvalue weighted by Crippen LogP contribution is -2.19. The van der Waals surface area contributed by atoms with E-state index in [1.54, 1.807) is 0 Å². The smallest absolute Gasteiger partial charge is 0.124 e. The van der Waals surface area contributed by atoms with E-state index in [9.17, 15) is 0 Å². The molecule has 0 bridgehead atoms. The number of hydrogen-bond donors (Lipinski definition) is 0. The maximum atomic E-state index is 6.14. The van der Waals surface area contributed by atoms with Crippen LogP contribution in [0, 0.1) is 11.3 Å². The van der Waals surface area contributed by atoms with Crippen LogP contribution in [-0.4, -0.2) is 9.55 Å². The van der Waals surface area contributed by atoms with Crippen LogP contribution in [0.1, 0.15) is 57.8 Å². The second-order valence-corrected chi connectivity index (χ2v) is 8.38. The fourth-order valence-corrected chi connectivity index (χ4v) is 3.58. The van der Waals surface area contributed by atoms with E-state index in [0.29, 0.717) is 5.88 Å². The SMILES string of the molecule is C=C(CC(C)(C)C)c1ccc2nc(CCl)n(CC3CCC3)c2c1. The summed E-state index contributed by atoms with van der Waals surface area (Å²) in [7, 11) is 0. The molecule has 0 unspecified atom stereocenters. The highest BCUT2D eigenvalue weighted by molar-refractivity contribution is 6.16. The normalized spacial score (nSPS) is 15.8. The standard InChI is InChI=1S/C20H27ClN2/c1-14(11-20(2,3)4)16-8-9-17-18(10-16)23(19(12-21)22-17)13-15-6-5-7-15/h8-10,15H,1,5-7,11-13H2,2-4H3. The van der Waals surface area contributed by atoms with Crippen LogP contribution in [0.4, 0.5) is 0 Å². The van der Waals surface area contributed by atoms with Crippen molar-refractivity contribution in [2.45, 2.75) is 58.9 Å². The van der Waals surface area contributed by atoms with Crippen molar-refractivity contribution in [3.05, 3.63) is 36.2 Å². The number of halogens is 1. The van der Waals surface area contributed by atoms with Crippen molar-refractivity contribution < 1.29 is 0 Å². The summed E-state index contributed by atoms with van der Waals surface area (Å²) in [6.07, 6.45) is 5.02. The first-order valence-electron chi connectivity index (χ1n) is 8.60. The summed E-state index contributed by atoms with van der Waals surface area (Å²) in [5, 5.41) is 0. The Labute approximate surface area is 144 Å². The maximum Gasteiger partial charge on any atom is 0.124 e. The largest absolute Gasteiger partial charge is 0.327 e. The molecule has 0 radical (unpaired) electrons. The summed E-state index contributed by atoms with van der Waals surface area (Å²) in [4.78, 5) is 4.72. The molecule has 1 saturated carbocycles. The molecule has 124 valence electrons. The van der Waals surface area contributed by atoms with Crippen molar-refractivity contribution in [1.29, 1.82) is 0 Å². The van der Waals surface area contributed by atoms with Crippen molar-refractivity contribution in [2.75, 3.05) is 0 Å². The third-order valence-electron chi connectivity index (χ3n) is 4.76. The quantitative estimate of drug-likeness (QED) is 0.612. The summed E-state index contributed by atoms with van der Waals surface area (Å²) in [6, 6.07) is 6.52. The van der Waals surface area contributed by atoms with Gasteiger partial charge in [0.1, 0.15) is 5.82 Å². The van der Waals surface area contributed by atoms with E-state index in [1.165, 1.54) is 35.9 Å². The Hall–Kier alpha value is -1.28. The average molecular weight is 331 g/mol. The number of benzene rings is 1. The summed E-state index contributed by atoms with van der Waals surface area (Å²) in [5.74, 6) is 2.25.